The Morgan fingerprint density at radius 2 is 1.71 bits per heavy atom. The van der Waals surface area contributed by atoms with E-state index in [2.05, 4.69) is 38.8 Å². The van der Waals surface area contributed by atoms with Crippen molar-refractivity contribution in [2.75, 3.05) is 0 Å². The van der Waals surface area contributed by atoms with Gasteiger partial charge in [-0.3, -0.25) is 9.97 Å². The Balaban J connectivity index is 1.38. The van der Waals surface area contributed by atoms with Gasteiger partial charge in [0.1, 0.15) is 17.2 Å². The molecule has 0 N–H and O–H groups in total. The Labute approximate surface area is 208 Å². The molecule has 2 aromatic carbocycles. The van der Waals surface area contributed by atoms with E-state index in [1.54, 1.807) is 24.0 Å². The number of hydrogen-bond donors (Lipinski definition) is 0. The molecule has 0 aliphatic heterocycles. The molecule has 3 heterocycles. The Bertz CT molecular complexity index is 1490. The van der Waals surface area contributed by atoms with Crippen LogP contribution in [0.2, 0.25) is 0 Å². The highest BCUT2D eigenvalue weighted by Crippen LogP contribution is 2.42. The number of thioether (sulfide) groups is 1. The van der Waals surface area contributed by atoms with Crippen LogP contribution >= 0.6 is 11.8 Å². The molecule has 0 bridgehead atoms. The molecule has 0 atom stereocenters. The standard InChI is InChI=1S/C29H25FN4S/c1-19-27(21-10-6-3-7-11-21)28-25(16-31-19)33-29(22-12-13-22)34(28)17-26-24(30)14-23(15-32-26)35-18-20-8-4-2-5-9-20/h2-11,14-16,22H,12-13,17-18H2,1H3. The molecule has 0 spiro atoms. The van der Waals surface area contributed by atoms with Crippen LogP contribution in [-0.4, -0.2) is 19.5 Å². The Morgan fingerprint density at radius 1 is 0.971 bits per heavy atom. The summed E-state index contributed by atoms with van der Waals surface area (Å²) in [6.45, 7) is 2.37. The second-order valence-electron chi connectivity index (χ2n) is 9.02. The van der Waals surface area contributed by atoms with E-state index in [9.17, 15) is 0 Å². The molecule has 0 radical (unpaired) electrons. The molecule has 0 amide bonds. The fourth-order valence-electron chi connectivity index (χ4n) is 4.53. The maximum Gasteiger partial charge on any atom is 0.147 e. The maximum absolute atomic E-state index is 15.3. The van der Waals surface area contributed by atoms with Crippen LogP contribution in [0.1, 0.15) is 41.5 Å². The molecule has 1 saturated carbocycles. The van der Waals surface area contributed by atoms with Gasteiger partial charge in [0, 0.05) is 34.0 Å². The van der Waals surface area contributed by atoms with Crippen LogP contribution < -0.4 is 0 Å². The summed E-state index contributed by atoms with van der Waals surface area (Å²) in [6.07, 6.45) is 5.85. The summed E-state index contributed by atoms with van der Waals surface area (Å²) in [5.41, 5.74) is 6.59. The lowest BCUT2D eigenvalue weighted by molar-refractivity contribution is 0.579. The molecule has 1 aliphatic carbocycles. The topological polar surface area (TPSA) is 43.6 Å². The largest absolute Gasteiger partial charge is 0.321 e. The third kappa shape index (κ3) is 4.46. The molecule has 1 fully saturated rings. The first-order valence-electron chi connectivity index (χ1n) is 11.9. The van der Waals surface area contributed by atoms with Gasteiger partial charge >= 0.3 is 0 Å². The Kier molecular flexibility index (Phi) is 5.82. The smallest absolute Gasteiger partial charge is 0.147 e. The van der Waals surface area contributed by atoms with Crippen LogP contribution in [0.5, 0.6) is 0 Å². The van der Waals surface area contributed by atoms with Crippen molar-refractivity contribution in [3.05, 3.63) is 108 Å². The predicted octanol–water partition coefficient (Wildman–Crippen LogP) is 7.16. The molecule has 6 rings (SSSR count). The minimum atomic E-state index is -0.279. The van der Waals surface area contributed by atoms with Gasteiger partial charge in [-0.25, -0.2) is 9.37 Å². The number of aromatic nitrogens is 4. The Hall–Kier alpha value is -3.51. The van der Waals surface area contributed by atoms with E-state index in [0.717, 1.165) is 57.2 Å². The number of imidazole rings is 1. The van der Waals surface area contributed by atoms with E-state index in [0.29, 0.717) is 18.2 Å². The fourth-order valence-corrected chi connectivity index (χ4v) is 5.37. The van der Waals surface area contributed by atoms with E-state index in [1.807, 2.05) is 49.5 Å². The van der Waals surface area contributed by atoms with Crippen molar-refractivity contribution < 1.29 is 4.39 Å². The molecule has 0 saturated heterocycles. The first kappa shape index (κ1) is 22.0. The molecule has 5 aromatic rings. The van der Waals surface area contributed by atoms with Crippen molar-refractivity contribution >= 4 is 22.8 Å². The van der Waals surface area contributed by atoms with E-state index >= 15 is 4.39 Å². The molecule has 174 valence electrons. The summed E-state index contributed by atoms with van der Waals surface area (Å²) >= 11 is 1.60. The minimum absolute atomic E-state index is 0.279. The monoisotopic (exact) mass is 480 g/mol. The van der Waals surface area contributed by atoms with Gasteiger partial charge in [0.25, 0.3) is 0 Å². The predicted molar refractivity (Wildman–Crippen MR) is 139 cm³/mol. The molecule has 6 heteroatoms. The second kappa shape index (κ2) is 9.27. The van der Waals surface area contributed by atoms with Crippen LogP contribution in [0.15, 0.2) is 84.0 Å². The molecule has 1 aliphatic rings. The number of benzene rings is 2. The van der Waals surface area contributed by atoms with E-state index in [-0.39, 0.29) is 5.82 Å². The van der Waals surface area contributed by atoms with Crippen molar-refractivity contribution in [2.45, 2.75) is 42.9 Å². The van der Waals surface area contributed by atoms with Gasteiger partial charge in [-0.05, 0) is 37.0 Å². The van der Waals surface area contributed by atoms with Crippen LogP contribution in [-0.2, 0) is 12.3 Å². The zero-order valence-electron chi connectivity index (χ0n) is 19.5. The number of hydrogen-bond acceptors (Lipinski definition) is 4. The van der Waals surface area contributed by atoms with Crippen molar-refractivity contribution in [1.29, 1.82) is 0 Å². The van der Waals surface area contributed by atoms with E-state index < -0.39 is 0 Å². The van der Waals surface area contributed by atoms with Crippen LogP contribution in [0.4, 0.5) is 4.39 Å². The van der Waals surface area contributed by atoms with Gasteiger partial charge in [0.2, 0.25) is 0 Å². The summed E-state index contributed by atoms with van der Waals surface area (Å²) in [5.74, 6) is 1.92. The zero-order chi connectivity index (χ0) is 23.8. The highest BCUT2D eigenvalue weighted by molar-refractivity contribution is 7.98. The first-order chi connectivity index (χ1) is 17.2. The lowest BCUT2D eigenvalue weighted by atomic mass is 10.0. The lowest BCUT2D eigenvalue weighted by Gasteiger charge is -2.14. The fraction of sp³-hybridized carbons (Fsp3) is 0.207. The summed E-state index contributed by atoms with van der Waals surface area (Å²) < 4.78 is 17.5. The van der Waals surface area contributed by atoms with Crippen molar-refractivity contribution in [2.24, 2.45) is 0 Å². The van der Waals surface area contributed by atoms with Gasteiger partial charge < -0.3 is 4.57 Å². The molecule has 35 heavy (non-hydrogen) atoms. The average molecular weight is 481 g/mol. The SMILES string of the molecule is Cc1ncc2nc(C3CC3)n(Cc3ncc(SCc4ccccc4)cc3F)c2c1-c1ccccc1. The van der Waals surface area contributed by atoms with E-state index in [1.165, 1.54) is 5.56 Å². The minimum Gasteiger partial charge on any atom is -0.321 e. The summed E-state index contributed by atoms with van der Waals surface area (Å²) in [4.78, 5) is 15.0. The number of rotatable bonds is 7. The number of pyridine rings is 2. The molecular formula is C29H25FN4S. The number of aryl methyl sites for hydroxylation is 1. The van der Waals surface area contributed by atoms with Crippen LogP contribution in [0.3, 0.4) is 0 Å². The highest BCUT2D eigenvalue weighted by Gasteiger charge is 2.31. The first-order valence-corrected chi connectivity index (χ1v) is 12.9. The van der Waals surface area contributed by atoms with Crippen LogP contribution in [0, 0.1) is 12.7 Å². The number of nitrogens with zero attached hydrogens (tertiary/aromatic N) is 4. The van der Waals surface area contributed by atoms with Gasteiger partial charge in [0.05, 0.1) is 24.0 Å². The number of fused-ring (bicyclic) bond motifs is 1. The summed E-state index contributed by atoms with van der Waals surface area (Å²) in [6, 6.07) is 22.1. The van der Waals surface area contributed by atoms with E-state index in [4.69, 9.17) is 4.98 Å². The molecule has 0 unspecified atom stereocenters. The average Bonchev–Trinajstić information content (AvgIpc) is 3.67. The highest BCUT2D eigenvalue weighted by atomic mass is 32.2. The third-order valence-corrected chi connectivity index (χ3v) is 7.49. The number of halogens is 1. The van der Waals surface area contributed by atoms with Crippen LogP contribution in [0.25, 0.3) is 22.2 Å². The molecular weight excluding hydrogens is 455 g/mol. The van der Waals surface area contributed by atoms with Gasteiger partial charge in [-0.1, -0.05) is 60.7 Å². The normalized spacial score (nSPS) is 13.4. The third-order valence-electron chi connectivity index (χ3n) is 6.46. The van der Waals surface area contributed by atoms with Crippen molar-refractivity contribution in [1.82, 2.24) is 19.5 Å². The summed E-state index contributed by atoms with van der Waals surface area (Å²) in [7, 11) is 0. The van der Waals surface area contributed by atoms with Crippen molar-refractivity contribution in [3.63, 3.8) is 0 Å². The van der Waals surface area contributed by atoms with Gasteiger partial charge in [-0.15, -0.1) is 11.8 Å². The van der Waals surface area contributed by atoms with Gasteiger partial charge in [-0.2, -0.15) is 0 Å². The Morgan fingerprint density at radius 3 is 2.43 bits per heavy atom. The van der Waals surface area contributed by atoms with Crippen molar-refractivity contribution in [3.8, 4) is 11.1 Å². The second-order valence-corrected chi connectivity index (χ2v) is 10.1. The lowest BCUT2D eigenvalue weighted by Crippen LogP contribution is -2.09. The quantitative estimate of drug-likeness (QED) is 0.232. The molecule has 4 nitrogen and oxygen atoms in total. The molecule has 3 aromatic heterocycles. The maximum atomic E-state index is 15.3. The summed E-state index contributed by atoms with van der Waals surface area (Å²) in [5, 5.41) is 0. The van der Waals surface area contributed by atoms with Gasteiger partial charge in [0.15, 0.2) is 0 Å². The zero-order valence-corrected chi connectivity index (χ0v) is 20.3.